The molecule has 0 aromatic carbocycles. The van der Waals surface area contributed by atoms with Crippen LogP contribution < -0.4 is 20.5 Å². The van der Waals surface area contributed by atoms with Crippen molar-refractivity contribution in [2.24, 2.45) is 11.7 Å². The summed E-state index contributed by atoms with van der Waals surface area (Å²) in [4.78, 5) is 37.3. The third kappa shape index (κ3) is 6.30. The van der Waals surface area contributed by atoms with Crippen LogP contribution in [0.15, 0.2) is 12.3 Å². The summed E-state index contributed by atoms with van der Waals surface area (Å²) >= 11 is 0. The summed E-state index contributed by atoms with van der Waals surface area (Å²) < 4.78 is 10.3. The van der Waals surface area contributed by atoms with Gasteiger partial charge in [0.05, 0.1) is 18.7 Å². The Bertz CT molecular complexity index is 588. The van der Waals surface area contributed by atoms with Crippen LogP contribution >= 0.6 is 0 Å². The molecule has 0 saturated carbocycles. The Hall–Kier alpha value is -2.68. The number of aromatic nitrogens is 1. The highest BCUT2D eigenvalue weighted by atomic mass is 16.6. The highest BCUT2D eigenvalue weighted by molar-refractivity contribution is 5.93. The van der Waals surface area contributed by atoms with Crippen LogP contribution in [0.1, 0.15) is 30.6 Å². The number of hydrogen-bond acceptors (Lipinski definition) is 7. The van der Waals surface area contributed by atoms with E-state index in [1.165, 1.54) is 6.07 Å². The van der Waals surface area contributed by atoms with Gasteiger partial charge in [-0.3, -0.25) is 10.1 Å². The van der Waals surface area contributed by atoms with Gasteiger partial charge in [-0.2, -0.15) is 0 Å². The standard InChI is InChI=1S/C14H19N3O6/c1-8(2)3-4-22-10-5-9(13(19)20)7-16-12(10)23-14(21)17-11(18)6-15/h5,7-8H,3-4,6,15H2,1-2H3,(H,19,20)(H,17,18,21). The first-order valence-corrected chi connectivity index (χ1v) is 6.91. The van der Waals surface area contributed by atoms with Crippen molar-refractivity contribution in [3.05, 3.63) is 17.8 Å². The van der Waals surface area contributed by atoms with Gasteiger partial charge in [-0.1, -0.05) is 13.8 Å². The van der Waals surface area contributed by atoms with Gasteiger partial charge in [0, 0.05) is 12.3 Å². The van der Waals surface area contributed by atoms with Crippen LogP contribution in [0.5, 0.6) is 11.6 Å². The number of pyridine rings is 1. The Morgan fingerprint density at radius 3 is 2.65 bits per heavy atom. The smallest absolute Gasteiger partial charge is 0.420 e. The second kappa shape index (κ2) is 8.69. The summed E-state index contributed by atoms with van der Waals surface area (Å²) in [5.74, 6) is -1.78. The van der Waals surface area contributed by atoms with Gasteiger partial charge in [0.25, 0.3) is 5.88 Å². The first-order chi connectivity index (χ1) is 10.8. The van der Waals surface area contributed by atoms with Gasteiger partial charge in [0.15, 0.2) is 5.75 Å². The largest absolute Gasteiger partial charge is 0.488 e. The molecule has 9 heteroatoms. The fraction of sp³-hybridized carbons (Fsp3) is 0.429. The average molecular weight is 325 g/mol. The molecule has 0 spiro atoms. The van der Waals surface area contributed by atoms with E-state index < -0.39 is 18.0 Å². The second-order valence-corrected chi connectivity index (χ2v) is 5.01. The summed E-state index contributed by atoms with van der Waals surface area (Å²) in [7, 11) is 0. The zero-order valence-electron chi connectivity index (χ0n) is 12.9. The van der Waals surface area contributed by atoms with E-state index in [-0.39, 0.29) is 23.7 Å². The summed E-state index contributed by atoms with van der Waals surface area (Å²) in [6.07, 6.45) is 0.657. The fourth-order valence-corrected chi connectivity index (χ4v) is 1.41. The molecular weight excluding hydrogens is 306 g/mol. The van der Waals surface area contributed by atoms with Crippen molar-refractivity contribution in [2.45, 2.75) is 20.3 Å². The summed E-state index contributed by atoms with van der Waals surface area (Å²) in [6, 6.07) is 1.20. The van der Waals surface area contributed by atoms with Crippen LogP contribution in [0.4, 0.5) is 4.79 Å². The number of amides is 2. The lowest BCUT2D eigenvalue weighted by Crippen LogP contribution is -2.37. The normalized spacial score (nSPS) is 10.3. The molecule has 4 N–H and O–H groups in total. The van der Waals surface area contributed by atoms with Gasteiger partial charge in [-0.25, -0.2) is 14.6 Å². The number of nitrogens with one attached hydrogen (secondary N) is 1. The predicted molar refractivity (Wildman–Crippen MR) is 79.4 cm³/mol. The van der Waals surface area contributed by atoms with E-state index in [0.717, 1.165) is 6.20 Å². The maximum atomic E-state index is 11.5. The topological polar surface area (TPSA) is 141 Å². The number of ether oxygens (including phenoxy) is 2. The van der Waals surface area contributed by atoms with Crippen molar-refractivity contribution in [1.29, 1.82) is 0 Å². The van der Waals surface area contributed by atoms with E-state index >= 15 is 0 Å². The van der Waals surface area contributed by atoms with Crippen molar-refractivity contribution in [2.75, 3.05) is 13.2 Å². The number of aromatic carboxylic acids is 1. The lowest BCUT2D eigenvalue weighted by molar-refractivity contribution is -0.118. The third-order valence-electron chi connectivity index (χ3n) is 2.63. The van der Waals surface area contributed by atoms with Crippen molar-refractivity contribution < 1.29 is 29.0 Å². The van der Waals surface area contributed by atoms with Crippen molar-refractivity contribution in [1.82, 2.24) is 10.3 Å². The van der Waals surface area contributed by atoms with Crippen molar-refractivity contribution in [3.8, 4) is 11.6 Å². The van der Waals surface area contributed by atoms with Gasteiger partial charge < -0.3 is 20.3 Å². The Labute approximate surface area is 132 Å². The van der Waals surface area contributed by atoms with Gasteiger partial charge in [0.2, 0.25) is 5.91 Å². The quantitative estimate of drug-likeness (QED) is 0.667. The molecule has 0 aliphatic carbocycles. The monoisotopic (exact) mass is 325 g/mol. The van der Waals surface area contributed by atoms with E-state index in [2.05, 4.69) is 4.98 Å². The zero-order chi connectivity index (χ0) is 17.4. The second-order valence-electron chi connectivity index (χ2n) is 5.01. The van der Waals surface area contributed by atoms with Crippen LogP contribution in [0, 0.1) is 5.92 Å². The Kier molecular flexibility index (Phi) is 6.94. The first-order valence-electron chi connectivity index (χ1n) is 6.91. The zero-order valence-corrected chi connectivity index (χ0v) is 12.9. The van der Waals surface area contributed by atoms with E-state index in [1.54, 1.807) is 0 Å². The number of rotatable bonds is 7. The van der Waals surface area contributed by atoms with Crippen LogP contribution in [-0.4, -0.2) is 41.2 Å². The highest BCUT2D eigenvalue weighted by Gasteiger charge is 2.17. The molecule has 9 nitrogen and oxygen atoms in total. The molecule has 0 radical (unpaired) electrons. The molecule has 0 saturated heterocycles. The molecule has 1 aromatic rings. The first kappa shape index (κ1) is 18.4. The van der Waals surface area contributed by atoms with Gasteiger partial charge in [-0.05, 0) is 12.3 Å². The van der Waals surface area contributed by atoms with Gasteiger partial charge >= 0.3 is 12.1 Å². The summed E-state index contributed by atoms with van der Waals surface area (Å²) in [5, 5.41) is 10.9. The van der Waals surface area contributed by atoms with E-state index in [9.17, 15) is 14.4 Å². The molecular formula is C14H19N3O6. The highest BCUT2D eigenvalue weighted by Crippen LogP contribution is 2.26. The summed E-state index contributed by atoms with van der Waals surface area (Å²) in [6.45, 7) is 3.91. The van der Waals surface area contributed by atoms with E-state index in [0.29, 0.717) is 18.9 Å². The number of carboxylic acids is 1. The molecule has 1 aromatic heterocycles. The van der Waals surface area contributed by atoms with Gasteiger partial charge in [-0.15, -0.1) is 0 Å². The van der Waals surface area contributed by atoms with Crippen LogP contribution in [0.2, 0.25) is 0 Å². The number of imide groups is 1. The Morgan fingerprint density at radius 1 is 1.39 bits per heavy atom. The fourth-order valence-electron chi connectivity index (χ4n) is 1.41. The molecule has 1 heterocycles. The third-order valence-corrected chi connectivity index (χ3v) is 2.63. The van der Waals surface area contributed by atoms with Crippen LogP contribution in [0.3, 0.4) is 0 Å². The molecule has 0 unspecified atom stereocenters. The lowest BCUT2D eigenvalue weighted by Gasteiger charge is -2.12. The Balaban J connectivity index is 2.88. The minimum Gasteiger partial charge on any atom is -0.488 e. The molecule has 0 bridgehead atoms. The predicted octanol–water partition coefficient (Wildman–Crippen LogP) is 0.778. The molecule has 126 valence electrons. The maximum absolute atomic E-state index is 11.5. The number of nitrogens with zero attached hydrogens (tertiary/aromatic N) is 1. The van der Waals surface area contributed by atoms with Crippen molar-refractivity contribution in [3.63, 3.8) is 0 Å². The maximum Gasteiger partial charge on any atom is 0.420 e. The van der Waals surface area contributed by atoms with E-state index in [4.69, 9.17) is 20.3 Å². The minimum absolute atomic E-state index is 0.000831. The molecule has 23 heavy (non-hydrogen) atoms. The number of hydrogen-bond donors (Lipinski definition) is 3. The molecule has 0 aliphatic rings. The number of carbonyl (C=O) groups excluding carboxylic acids is 2. The molecule has 0 aliphatic heterocycles. The van der Waals surface area contributed by atoms with Crippen molar-refractivity contribution >= 4 is 18.0 Å². The SMILES string of the molecule is CC(C)CCOc1cc(C(=O)O)cnc1OC(=O)NC(=O)CN. The molecule has 1 rings (SSSR count). The number of nitrogens with two attached hydrogens (primary N) is 1. The minimum atomic E-state index is -1.19. The number of carboxylic acid groups (broad SMARTS) is 1. The van der Waals surface area contributed by atoms with Gasteiger partial charge in [0.1, 0.15) is 0 Å². The summed E-state index contributed by atoms with van der Waals surface area (Å²) in [5.41, 5.74) is 4.95. The molecule has 2 amide bonds. The Morgan fingerprint density at radius 2 is 2.09 bits per heavy atom. The molecule has 0 atom stereocenters. The lowest BCUT2D eigenvalue weighted by atomic mass is 10.1. The number of carbonyl (C=O) groups is 3. The van der Waals surface area contributed by atoms with Crippen LogP contribution in [0.25, 0.3) is 0 Å². The van der Waals surface area contributed by atoms with E-state index in [1.807, 2.05) is 19.2 Å². The average Bonchev–Trinajstić information content (AvgIpc) is 2.47. The molecule has 0 fully saturated rings. The van der Waals surface area contributed by atoms with Crippen LogP contribution in [-0.2, 0) is 4.79 Å².